The molecule has 2 aromatic carbocycles. The number of nitrogens with zero attached hydrogens (tertiary/aromatic N) is 1. The summed E-state index contributed by atoms with van der Waals surface area (Å²) >= 11 is 2.98. The molecule has 0 saturated carbocycles. The van der Waals surface area contributed by atoms with E-state index in [-0.39, 0.29) is 11.8 Å². The van der Waals surface area contributed by atoms with Gasteiger partial charge in [0.25, 0.3) is 5.91 Å². The van der Waals surface area contributed by atoms with E-state index in [0.717, 1.165) is 25.7 Å². The molecule has 29 heavy (non-hydrogen) atoms. The first-order valence-corrected chi connectivity index (χ1v) is 10.8. The van der Waals surface area contributed by atoms with Gasteiger partial charge in [-0.3, -0.25) is 9.59 Å². The van der Waals surface area contributed by atoms with E-state index in [4.69, 9.17) is 0 Å². The smallest absolute Gasteiger partial charge is 0.262 e. The number of amides is 2. The Bertz CT molecular complexity index is 1120. The summed E-state index contributed by atoms with van der Waals surface area (Å²) in [6.45, 7) is 2.11. The quantitative estimate of drug-likeness (QED) is 0.483. The van der Waals surface area contributed by atoms with Crippen LogP contribution >= 0.6 is 22.7 Å². The number of para-hydroxylation sites is 1. The third-order valence-electron chi connectivity index (χ3n) is 4.38. The Morgan fingerprint density at radius 1 is 0.966 bits per heavy atom. The van der Waals surface area contributed by atoms with Crippen LogP contribution in [0.3, 0.4) is 0 Å². The molecule has 0 aliphatic carbocycles. The molecule has 0 fully saturated rings. The number of hydrogen-bond acceptors (Lipinski definition) is 5. The fraction of sp³-hybridized carbons (Fsp3) is 0.136. The molecule has 2 amide bonds. The highest BCUT2D eigenvalue weighted by atomic mass is 32.1. The van der Waals surface area contributed by atoms with Crippen molar-refractivity contribution in [1.29, 1.82) is 0 Å². The van der Waals surface area contributed by atoms with Gasteiger partial charge in [-0.1, -0.05) is 42.5 Å². The van der Waals surface area contributed by atoms with Gasteiger partial charge in [0.15, 0.2) is 0 Å². The number of carbonyl (C=O) groups is 2. The number of fused-ring (bicyclic) bond motifs is 1. The summed E-state index contributed by atoms with van der Waals surface area (Å²) in [5, 5.41) is 6.50. The van der Waals surface area contributed by atoms with E-state index in [0.29, 0.717) is 11.4 Å². The average Bonchev–Trinajstić information content (AvgIpc) is 3.39. The Morgan fingerprint density at radius 3 is 2.52 bits per heavy atom. The second-order valence-electron chi connectivity index (χ2n) is 6.55. The number of aromatic nitrogens is 1. The molecule has 0 aliphatic heterocycles. The van der Waals surface area contributed by atoms with Gasteiger partial charge in [-0.25, -0.2) is 4.98 Å². The van der Waals surface area contributed by atoms with Crippen LogP contribution in [-0.4, -0.2) is 22.8 Å². The summed E-state index contributed by atoms with van der Waals surface area (Å²) < 4.78 is 1.12. The molecule has 0 radical (unpaired) electrons. The van der Waals surface area contributed by atoms with Gasteiger partial charge in [-0.2, -0.15) is 0 Å². The van der Waals surface area contributed by atoms with E-state index < -0.39 is 6.04 Å². The van der Waals surface area contributed by atoms with Gasteiger partial charge >= 0.3 is 0 Å². The minimum Gasteiger partial charge on any atom is -0.350 e. The predicted molar refractivity (Wildman–Crippen MR) is 118 cm³/mol. The molecular formula is C22H19N3O2S2. The maximum absolute atomic E-state index is 12.6. The number of benzene rings is 2. The van der Waals surface area contributed by atoms with Crippen molar-refractivity contribution in [3.8, 4) is 9.88 Å². The Hall–Kier alpha value is -3.03. The van der Waals surface area contributed by atoms with Crippen molar-refractivity contribution >= 4 is 44.7 Å². The van der Waals surface area contributed by atoms with Crippen LogP contribution in [0.4, 0.5) is 0 Å². The summed E-state index contributed by atoms with van der Waals surface area (Å²) in [5.41, 5.74) is 1.97. The first kappa shape index (κ1) is 19.3. The Labute approximate surface area is 176 Å². The molecule has 5 nitrogen and oxygen atoms in total. The van der Waals surface area contributed by atoms with Crippen molar-refractivity contribution in [3.05, 3.63) is 77.2 Å². The van der Waals surface area contributed by atoms with Crippen LogP contribution in [0.15, 0.2) is 66.7 Å². The van der Waals surface area contributed by atoms with Crippen LogP contribution in [0.25, 0.3) is 20.1 Å². The maximum atomic E-state index is 12.6. The van der Waals surface area contributed by atoms with E-state index in [1.54, 1.807) is 24.3 Å². The third-order valence-corrected chi connectivity index (χ3v) is 6.67. The summed E-state index contributed by atoms with van der Waals surface area (Å²) in [4.78, 5) is 31.0. The summed E-state index contributed by atoms with van der Waals surface area (Å²) in [7, 11) is 0. The van der Waals surface area contributed by atoms with Gasteiger partial charge in [-0.15, -0.1) is 22.7 Å². The molecule has 1 unspecified atom stereocenters. The second-order valence-corrected chi connectivity index (χ2v) is 8.66. The van der Waals surface area contributed by atoms with Gasteiger partial charge in [-0.05, 0) is 36.8 Å². The van der Waals surface area contributed by atoms with Gasteiger partial charge in [0.2, 0.25) is 5.91 Å². The van der Waals surface area contributed by atoms with Crippen LogP contribution in [0.1, 0.15) is 22.2 Å². The van der Waals surface area contributed by atoms with E-state index in [2.05, 4.69) is 15.6 Å². The molecule has 146 valence electrons. The van der Waals surface area contributed by atoms with Gasteiger partial charge in [0, 0.05) is 6.54 Å². The van der Waals surface area contributed by atoms with Crippen molar-refractivity contribution in [1.82, 2.24) is 15.6 Å². The van der Waals surface area contributed by atoms with Gasteiger partial charge in [0.05, 0.1) is 20.0 Å². The molecule has 4 rings (SSSR count). The lowest BCUT2D eigenvalue weighted by Gasteiger charge is -2.13. The molecule has 0 spiro atoms. The molecule has 0 aliphatic rings. The second kappa shape index (κ2) is 8.55. The zero-order valence-corrected chi connectivity index (χ0v) is 17.3. The Balaban J connectivity index is 1.37. The maximum Gasteiger partial charge on any atom is 0.262 e. The molecule has 2 heterocycles. The lowest BCUT2D eigenvalue weighted by molar-refractivity contribution is -0.122. The lowest BCUT2D eigenvalue weighted by Crippen LogP contribution is -2.44. The van der Waals surface area contributed by atoms with E-state index in [9.17, 15) is 9.59 Å². The van der Waals surface area contributed by atoms with Gasteiger partial charge < -0.3 is 10.6 Å². The molecule has 1 atom stereocenters. The predicted octanol–water partition coefficient (Wildman–Crippen LogP) is 4.46. The van der Waals surface area contributed by atoms with Crippen LogP contribution < -0.4 is 10.6 Å². The van der Waals surface area contributed by atoms with Crippen molar-refractivity contribution < 1.29 is 9.59 Å². The van der Waals surface area contributed by atoms with Crippen LogP contribution in [0.2, 0.25) is 0 Å². The number of nitrogens with one attached hydrogen (secondary N) is 2. The number of thiazole rings is 1. The lowest BCUT2D eigenvalue weighted by atomic mass is 10.2. The van der Waals surface area contributed by atoms with Crippen molar-refractivity contribution in [2.75, 3.05) is 0 Å². The van der Waals surface area contributed by atoms with E-state index >= 15 is 0 Å². The minimum atomic E-state index is -0.626. The largest absolute Gasteiger partial charge is 0.350 e. The minimum absolute atomic E-state index is 0.217. The highest BCUT2D eigenvalue weighted by molar-refractivity contribution is 7.26. The summed E-state index contributed by atoms with van der Waals surface area (Å²) in [6.07, 6.45) is 0. The van der Waals surface area contributed by atoms with Crippen molar-refractivity contribution in [2.45, 2.75) is 19.5 Å². The number of hydrogen-bond donors (Lipinski definition) is 2. The summed E-state index contributed by atoms with van der Waals surface area (Å²) in [6, 6.07) is 20.7. The molecular weight excluding hydrogens is 402 g/mol. The van der Waals surface area contributed by atoms with E-state index in [1.165, 1.54) is 11.3 Å². The normalized spacial score (nSPS) is 11.9. The third kappa shape index (κ3) is 4.52. The number of carbonyl (C=O) groups excluding carboxylic acids is 2. The number of rotatable bonds is 6. The molecule has 0 bridgehead atoms. The molecule has 2 N–H and O–H groups in total. The monoisotopic (exact) mass is 421 g/mol. The first-order chi connectivity index (χ1) is 14.1. The SMILES string of the molecule is CC(NC(=O)c1ccc(-c2nc3ccccc3s2)s1)C(=O)NCc1ccccc1. The zero-order valence-electron chi connectivity index (χ0n) is 15.7. The molecule has 2 aromatic heterocycles. The molecule has 0 saturated heterocycles. The highest BCUT2D eigenvalue weighted by Crippen LogP contribution is 2.34. The topological polar surface area (TPSA) is 71.1 Å². The number of thiophene rings is 1. The van der Waals surface area contributed by atoms with Crippen molar-refractivity contribution in [3.63, 3.8) is 0 Å². The Morgan fingerprint density at radius 2 is 1.72 bits per heavy atom. The van der Waals surface area contributed by atoms with E-state index in [1.807, 2.05) is 60.7 Å². The molecule has 4 aromatic rings. The van der Waals surface area contributed by atoms with Gasteiger partial charge in [0.1, 0.15) is 11.0 Å². The fourth-order valence-electron chi connectivity index (χ4n) is 2.82. The van der Waals surface area contributed by atoms with Crippen LogP contribution in [0.5, 0.6) is 0 Å². The Kier molecular flexibility index (Phi) is 5.69. The first-order valence-electron chi connectivity index (χ1n) is 9.18. The summed E-state index contributed by atoms with van der Waals surface area (Å²) in [5.74, 6) is -0.477. The van der Waals surface area contributed by atoms with Crippen LogP contribution in [0, 0.1) is 0 Å². The van der Waals surface area contributed by atoms with Crippen molar-refractivity contribution in [2.24, 2.45) is 0 Å². The molecule has 7 heteroatoms. The highest BCUT2D eigenvalue weighted by Gasteiger charge is 2.18. The standard InChI is InChI=1S/C22H19N3O2S2/c1-14(20(26)23-13-15-7-3-2-4-8-15)24-21(27)18-11-12-19(28-18)22-25-16-9-5-6-10-17(16)29-22/h2-12,14H,13H2,1H3,(H,23,26)(H,24,27). The van der Waals surface area contributed by atoms with Crippen LogP contribution in [-0.2, 0) is 11.3 Å². The fourth-order valence-corrected chi connectivity index (χ4v) is 4.75. The zero-order chi connectivity index (χ0) is 20.2. The average molecular weight is 422 g/mol.